The van der Waals surface area contributed by atoms with Crippen molar-refractivity contribution in [2.45, 2.75) is 19.5 Å². The Balaban J connectivity index is 2.97. The van der Waals surface area contributed by atoms with Crippen LogP contribution in [0.1, 0.15) is 23.7 Å². The van der Waals surface area contributed by atoms with Crippen LogP contribution in [0.2, 0.25) is 0 Å². The fourth-order valence-corrected chi connectivity index (χ4v) is 1.29. The molecule has 3 nitrogen and oxygen atoms in total. The molecule has 1 atom stereocenters. The summed E-state index contributed by atoms with van der Waals surface area (Å²) in [4.78, 5) is 22.5. The van der Waals surface area contributed by atoms with Crippen molar-refractivity contribution in [1.82, 2.24) is 0 Å². The SMILES string of the molecule is CCCOC(=O)C(F)C(=O)c1c(F)cc(F)cc1F. The molecule has 0 fully saturated rings. The minimum Gasteiger partial charge on any atom is -0.463 e. The molecule has 1 rings (SSSR count). The summed E-state index contributed by atoms with van der Waals surface area (Å²) in [5.74, 6) is -7.68. The summed E-state index contributed by atoms with van der Waals surface area (Å²) in [7, 11) is 0. The number of esters is 1. The number of Topliss-reactive ketones (excluding diaryl/α,β-unsaturated/α-hetero) is 1. The largest absolute Gasteiger partial charge is 0.463 e. The van der Waals surface area contributed by atoms with Gasteiger partial charge >= 0.3 is 5.97 Å². The Morgan fingerprint density at radius 3 is 2.21 bits per heavy atom. The van der Waals surface area contributed by atoms with Crippen LogP contribution in [0.4, 0.5) is 17.6 Å². The van der Waals surface area contributed by atoms with Gasteiger partial charge < -0.3 is 4.74 Å². The highest BCUT2D eigenvalue weighted by Gasteiger charge is 2.33. The van der Waals surface area contributed by atoms with E-state index in [-0.39, 0.29) is 18.7 Å². The van der Waals surface area contributed by atoms with E-state index in [2.05, 4.69) is 4.74 Å². The van der Waals surface area contributed by atoms with Gasteiger partial charge in [-0.05, 0) is 6.42 Å². The molecule has 0 spiro atoms. The van der Waals surface area contributed by atoms with Crippen molar-refractivity contribution in [2.24, 2.45) is 0 Å². The van der Waals surface area contributed by atoms with Gasteiger partial charge in [0, 0.05) is 12.1 Å². The highest BCUT2D eigenvalue weighted by atomic mass is 19.2. The third kappa shape index (κ3) is 3.52. The van der Waals surface area contributed by atoms with Crippen molar-refractivity contribution in [3.05, 3.63) is 35.1 Å². The zero-order valence-electron chi connectivity index (χ0n) is 9.88. The van der Waals surface area contributed by atoms with E-state index in [9.17, 15) is 27.2 Å². The molecular weight excluding hydrogens is 268 g/mol. The first-order chi connectivity index (χ1) is 8.88. The van der Waals surface area contributed by atoms with Crippen molar-refractivity contribution < 1.29 is 31.9 Å². The molecule has 0 N–H and O–H groups in total. The van der Waals surface area contributed by atoms with E-state index in [1.54, 1.807) is 6.92 Å². The highest BCUT2D eigenvalue weighted by Crippen LogP contribution is 2.18. The highest BCUT2D eigenvalue weighted by molar-refractivity contribution is 6.11. The standard InChI is InChI=1S/C12H10F4O3/c1-2-3-19-12(18)10(16)11(17)9-7(14)4-6(13)5-8(9)15/h4-5,10H,2-3H2,1H3. The van der Waals surface area contributed by atoms with Crippen LogP contribution in [-0.4, -0.2) is 24.5 Å². The average Bonchev–Trinajstić information content (AvgIpc) is 2.33. The lowest BCUT2D eigenvalue weighted by molar-refractivity contribution is -0.147. The third-order valence-electron chi connectivity index (χ3n) is 2.14. The maximum Gasteiger partial charge on any atom is 0.349 e. The molecule has 0 aliphatic carbocycles. The molecule has 0 amide bonds. The molecule has 0 saturated carbocycles. The predicted octanol–water partition coefficient (Wildman–Crippen LogP) is 2.58. The van der Waals surface area contributed by atoms with Gasteiger partial charge in [0.1, 0.15) is 17.5 Å². The Hall–Kier alpha value is -1.92. The van der Waals surface area contributed by atoms with Crippen molar-refractivity contribution in [2.75, 3.05) is 6.61 Å². The van der Waals surface area contributed by atoms with Gasteiger partial charge in [0.25, 0.3) is 6.17 Å². The molecule has 0 aromatic heterocycles. The zero-order chi connectivity index (χ0) is 14.6. The maximum absolute atomic E-state index is 13.4. The first kappa shape index (κ1) is 15.1. The van der Waals surface area contributed by atoms with Gasteiger partial charge in [-0.15, -0.1) is 0 Å². The normalized spacial score (nSPS) is 12.1. The number of rotatable bonds is 5. The molecule has 1 aromatic carbocycles. The molecule has 0 radical (unpaired) electrons. The zero-order valence-corrected chi connectivity index (χ0v) is 9.88. The summed E-state index contributed by atoms with van der Waals surface area (Å²) in [6.07, 6.45) is -2.45. The molecule has 19 heavy (non-hydrogen) atoms. The van der Waals surface area contributed by atoms with Gasteiger partial charge in [-0.3, -0.25) is 4.79 Å². The molecule has 0 bridgehead atoms. The molecule has 7 heteroatoms. The molecule has 0 heterocycles. The minimum absolute atomic E-state index is 0.124. The van der Waals surface area contributed by atoms with Gasteiger partial charge in [-0.1, -0.05) is 6.92 Å². The lowest BCUT2D eigenvalue weighted by atomic mass is 10.1. The average molecular weight is 278 g/mol. The molecule has 0 aliphatic heterocycles. The van der Waals surface area contributed by atoms with E-state index in [0.29, 0.717) is 6.42 Å². The number of hydrogen-bond acceptors (Lipinski definition) is 3. The number of ketones is 1. The number of carbonyl (C=O) groups is 2. The second-order valence-corrected chi connectivity index (χ2v) is 3.64. The fraction of sp³-hybridized carbons (Fsp3) is 0.333. The minimum atomic E-state index is -2.85. The van der Waals surface area contributed by atoms with Crippen molar-refractivity contribution in [3.8, 4) is 0 Å². The van der Waals surface area contributed by atoms with E-state index in [0.717, 1.165) is 0 Å². The van der Waals surface area contributed by atoms with Gasteiger partial charge in [0.05, 0.1) is 12.2 Å². The van der Waals surface area contributed by atoms with E-state index < -0.39 is 40.9 Å². The summed E-state index contributed by atoms with van der Waals surface area (Å²) in [6, 6.07) is 0.445. The monoisotopic (exact) mass is 278 g/mol. The van der Waals surface area contributed by atoms with E-state index in [4.69, 9.17) is 0 Å². The second-order valence-electron chi connectivity index (χ2n) is 3.64. The Morgan fingerprint density at radius 2 is 1.74 bits per heavy atom. The van der Waals surface area contributed by atoms with Crippen LogP contribution in [0.5, 0.6) is 0 Å². The Labute approximate surface area is 106 Å². The molecule has 0 saturated heterocycles. The predicted molar refractivity (Wildman–Crippen MR) is 56.8 cm³/mol. The number of ether oxygens (including phenoxy) is 1. The summed E-state index contributed by atoms with van der Waals surface area (Å²) >= 11 is 0. The second kappa shape index (κ2) is 6.31. The number of hydrogen-bond donors (Lipinski definition) is 0. The summed E-state index contributed by atoms with van der Waals surface area (Å²) in [6.45, 7) is 1.52. The Kier molecular flexibility index (Phi) is 5.02. The van der Waals surface area contributed by atoms with Crippen molar-refractivity contribution >= 4 is 11.8 Å². The van der Waals surface area contributed by atoms with Crippen LogP contribution in [-0.2, 0) is 9.53 Å². The van der Waals surface area contributed by atoms with Crippen LogP contribution in [0.3, 0.4) is 0 Å². The topological polar surface area (TPSA) is 43.4 Å². The third-order valence-corrected chi connectivity index (χ3v) is 2.14. The number of halogens is 4. The number of benzene rings is 1. The van der Waals surface area contributed by atoms with Crippen LogP contribution < -0.4 is 0 Å². The van der Waals surface area contributed by atoms with Gasteiger partial charge in [0.2, 0.25) is 5.78 Å². The lowest BCUT2D eigenvalue weighted by Crippen LogP contribution is -2.29. The smallest absolute Gasteiger partial charge is 0.349 e. The molecule has 104 valence electrons. The maximum atomic E-state index is 13.4. The molecule has 1 aromatic rings. The van der Waals surface area contributed by atoms with Crippen LogP contribution in [0.15, 0.2) is 12.1 Å². The Morgan fingerprint density at radius 1 is 1.21 bits per heavy atom. The lowest BCUT2D eigenvalue weighted by Gasteiger charge is -2.09. The van der Waals surface area contributed by atoms with Crippen LogP contribution >= 0.6 is 0 Å². The van der Waals surface area contributed by atoms with E-state index in [1.165, 1.54) is 0 Å². The fourth-order valence-electron chi connectivity index (χ4n) is 1.29. The van der Waals surface area contributed by atoms with Crippen LogP contribution in [0.25, 0.3) is 0 Å². The number of carbonyl (C=O) groups excluding carboxylic acids is 2. The first-order valence-electron chi connectivity index (χ1n) is 5.38. The van der Waals surface area contributed by atoms with Crippen LogP contribution in [0, 0.1) is 17.5 Å². The molecular formula is C12H10F4O3. The van der Waals surface area contributed by atoms with E-state index in [1.807, 2.05) is 0 Å². The summed E-state index contributed by atoms with van der Waals surface area (Å²) < 4.78 is 56.8. The van der Waals surface area contributed by atoms with Gasteiger partial charge in [-0.25, -0.2) is 22.4 Å². The number of alkyl halides is 1. The van der Waals surface area contributed by atoms with Crippen molar-refractivity contribution in [1.29, 1.82) is 0 Å². The first-order valence-corrected chi connectivity index (χ1v) is 5.38. The van der Waals surface area contributed by atoms with Gasteiger partial charge in [0.15, 0.2) is 0 Å². The molecule has 0 aliphatic rings. The quantitative estimate of drug-likeness (QED) is 0.360. The van der Waals surface area contributed by atoms with Crippen molar-refractivity contribution in [3.63, 3.8) is 0 Å². The Bertz CT molecular complexity index is 479. The molecule has 1 unspecified atom stereocenters. The van der Waals surface area contributed by atoms with Gasteiger partial charge in [-0.2, -0.15) is 0 Å². The summed E-state index contributed by atoms with van der Waals surface area (Å²) in [5, 5.41) is 0. The summed E-state index contributed by atoms with van der Waals surface area (Å²) in [5.41, 5.74) is -1.30. The van der Waals surface area contributed by atoms with E-state index >= 15 is 0 Å².